The number of pyridine rings is 1. The van der Waals surface area contributed by atoms with E-state index in [-0.39, 0.29) is 22.1 Å². The van der Waals surface area contributed by atoms with Crippen molar-refractivity contribution >= 4 is 28.7 Å². The average Bonchev–Trinajstić information content (AvgIpc) is 2.93. The number of halogens is 5. The Morgan fingerprint density at radius 2 is 1.79 bits per heavy atom. The molecule has 0 atom stereocenters. The van der Waals surface area contributed by atoms with Crippen molar-refractivity contribution in [2.75, 3.05) is 0 Å². The molecule has 0 amide bonds. The minimum absolute atomic E-state index is 0.0432. The molecule has 0 aliphatic heterocycles. The standard InChI is InChI=1S/C19H15ClF4N2O2/c1-19(2,3)28-18(27)26-14(6-9-4-5-15(20)25-17(9)26)10-7-12(21)13(22)8-11(10)16(23)24/h4-8,16H,1-3H3. The molecule has 148 valence electrons. The number of benzene rings is 1. The molecule has 0 N–H and O–H groups in total. The molecule has 0 saturated heterocycles. The molecule has 0 fully saturated rings. The third-order valence-electron chi connectivity index (χ3n) is 3.80. The SMILES string of the molecule is CC(C)(C)OC(=O)n1c(-c2cc(F)c(F)cc2C(F)F)cc2ccc(Cl)nc21. The Bertz CT molecular complexity index is 1070. The molecular formula is C19H15ClF4N2O2. The van der Waals surface area contributed by atoms with Crippen LogP contribution in [-0.2, 0) is 4.74 Å². The van der Waals surface area contributed by atoms with E-state index in [2.05, 4.69) is 4.98 Å². The van der Waals surface area contributed by atoms with E-state index in [1.165, 1.54) is 18.2 Å². The normalized spacial score (nSPS) is 12.0. The summed E-state index contributed by atoms with van der Waals surface area (Å²) in [6.07, 6.45) is -4.02. The van der Waals surface area contributed by atoms with Gasteiger partial charge in [-0.25, -0.2) is 31.9 Å². The van der Waals surface area contributed by atoms with Gasteiger partial charge in [0.1, 0.15) is 10.8 Å². The molecule has 0 bridgehead atoms. The van der Waals surface area contributed by atoms with Crippen molar-refractivity contribution in [2.45, 2.75) is 32.8 Å². The second-order valence-corrected chi connectivity index (χ2v) is 7.43. The van der Waals surface area contributed by atoms with Crippen molar-refractivity contribution in [3.8, 4) is 11.3 Å². The van der Waals surface area contributed by atoms with Crippen molar-refractivity contribution in [1.29, 1.82) is 0 Å². The van der Waals surface area contributed by atoms with Crippen LogP contribution in [0.3, 0.4) is 0 Å². The Kier molecular flexibility index (Phi) is 5.10. The van der Waals surface area contributed by atoms with Crippen LogP contribution in [0.1, 0.15) is 32.8 Å². The number of rotatable bonds is 2. The van der Waals surface area contributed by atoms with Gasteiger partial charge in [-0.05, 0) is 51.1 Å². The lowest BCUT2D eigenvalue weighted by atomic mass is 10.0. The number of hydrogen-bond donors (Lipinski definition) is 0. The lowest BCUT2D eigenvalue weighted by molar-refractivity contribution is 0.0546. The van der Waals surface area contributed by atoms with Crippen LogP contribution in [0, 0.1) is 11.6 Å². The molecule has 0 aliphatic carbocycles. The summed E-state index contributed by atoms with van der Waals surface area (Å²) >= 11 is 5.91. The summed E-state index contributed by atoms with van der Waals surface area (Å²) in [7, 11) is 0. The lowest BCUT2D eigenvalue weighted by Crippen LogP contribution is -2.27. The zero-order valence-electron chi connectivity index (χ0n) is 15.1. The van der Waals surface area contributed by atoms with Gasteiger partial charge in [-0.2, -0.15) is 0 Å². The molecule has 0 spiro atoms. The number of carbonyl (C=O) groups is 1. The summed E-state index contributed by atoms with van der Waals surface area (Å²) in [5.74, 6) is -2.74. The molecule has 1 aromatic carbocycles. The zero-order chi connectivity index (χ0) is 20.8. The maximum atomic E-state index is 13.8. The molecule has 0 aliphatic rings. The van der Waals surface area contributed by atoms with Crippen LogP contribution in [0.4, 0.5) is 22.4 Å². The number of hydrogen-bond acceptors (Lipinski definition) is 3. The van der Waals surface area contributed by atoms with Gasteiger partial charge in [0.25, 0.3) is 6.43 Å². The third kappa shape index (κ3) is 3.82. The second kappa shape index (κ2) is 7.09. The molecular weight excluding hydrogens is 400 g/mol. The van der Waals surface area contributed by atoms with Crippen LogP contribution in [0.15, 0.2) is 30.3 Å². The molecule has 2 heterocycles. The van der Waals surface area contributed by atoms with E-state index in [9.17, 15) is 22.4 Å². The lowest BCUT2D eigenvalue weighted by Gasteiger charge is -2.21. The van der Waals surface area contributed by atoms with Crippen LogP contribution in [0.2, 0.25) is 5.15 Å². The van der Waals surface area contributed by atoms with E-state index in [1.54, 1.807) is 20.8 Å². The van der Waals surface area contributed by atoms with Crippen LogP contribution in [-0.4, -0.2) is 21.2 Å². The summed E-state index contributed by atoms with van der Waals surface area (Å²) < 4.78 is 60.6. The first-order chi connectivity index (χ1) is 13.0. The summed E-state index contributed by atoms with van der Waals surface area (Å²) in [4.78, 5) is 16.8. The van der Waals surface area contributed by atoms with Gasteiger partial charge in [0.2, 0.25) is 0 Å². The van der Waals surface area contributed by atoms with Crippen LogP contribution < -0.4 is 0 Å². The first-order valence-corrected chi connectivity index (χ1v) is 8.54. The van der Waals surface area contributed by atoms with Crippen molar-refractivity contribution in [2.24, 2.45) is 0 Å². The highest BCUT2D eigenvalue weighted by molar-refractivity contribution is 6.29. The fraction of sp³-hybridized carbons (Fsp3) is 0.263. The van der Waals surface area contributed by atoms with Gasteiger partial charge in [0.05, 0.1) is 5.69 Å². The fourth-order valence-electron chi connectivity index (χ4n) is 2.71. The molecule has 4 nitrogen and oxygen atoms in total. The van der Waals surface area contributed by atoms with E-state index in [0.29, 0.717) is 17.5 Å². The Morgan fingerprint density at radius 3 is 2.39 bits per heavy atom. The first-order valence-electron chi connectivity index (χ1n) is 8.17. The Balaban J connectivity index is 2.35. The minimum atomic E-state index is -3.10. The summed E-state index contributed by atoms with van der Waals surface area (Å²) in [6.45, 7) is 4.87. The molecule has 9 heteroatoms. The number of ether oxygens (including phenoxy) is 1. The largest absolute Gasteiger partial charge is 0.443 e. The van der Waals surface area contributed by atoms with Crippen LogP contribution in [0.5, 0.6) is 0 Å². The number of aromatic nitrogens is 2. The zero-order valence-corrected chi connectivity index (χ0v) is 15.8. The van der Waals surface area contributed by atoms with Crippen molar-refractivity contribution in [3.63, 3.8) is 0 Å². The molecule has 3 rings (SSSR count). The predicted octanol–water partition coefficient (Wildman–Crippen LogP) is 6.36. The molecule has 0 saturated carbocycles. The molecule has 0 radical (unpaired) electrons. The average molecular weight is 415 g/mol. The highest BCUT2D eigenvalue weighted by atomic mass is 35.5. The number of alkyl halides is 2. The maximum Gasteiger partial charge on any atom is 0.420 e. The van der Waals surface area contributed by atoms with E-state index in [0.717, 1.165) is 4.57 Å². The monoisotopic (exact) mass is 414 g/mol. The third-order valence-corrected chi connectivity index (χ3v) is 4.01. The molecule has 3 aromatic rings. The van der Waals surface area contributed by atoms with Crippen LogP contribution in [0.25, 0.3) is 22.3 Å². The van der Waals surface area contributed by atoms with Gasteiger partial charge in [-0.15, -0.1) is 0 Å². The van der Waals surface area contributed by atoms with Gasteiger partial charge in [0, 0.05) is 16.5 Å². The summed E-state index contributed by atoms with van der Waals surface area (Å²) in [6, 6.07) is 5.37. The predicted molar refractivity (Wildman–Crippen MR) is 96.7 cm³/mol. The smallest absolute Gasteiger partial charge is 0.420 e. The maximum absolute atomic E-state index is 13.8. The highest BCUT2D eigenvalue weighted by Crippen LogP contribution is 2.36. The van der Waals surface area contributed by atoms with Crippen molar-refractivity contribution in [3.05, 3.63) is 52.7 Å². The molecule has 0 unspecified atom stereocenters. The van der Waals surface area contributed by atoms with Gasteiger partial charge in [-0.1, -0.05) is 11.6 Å². The fourth-order valence-corrected chi connectivity index (χ4v) is 2.85. The summed E-state index contributed by atoms with van der Waals surface area (Å²) in [5.41, 5.74) is -2.09. The molecule has 28 heavy (non-hydrogen) atoms. The van der Waals surface area contributed by atoms with Gasteiger partial charge in [0.15, 0.2) is 17.3 Å². The van der Waals surface area contributed by atoms with Gasteiger partial charge < -0.3 is 4.74 Å². The number of nitrogens with zero attached hydrogens (tertiary/aromatic N) is 2. The second-order valence-electron chi connectivity index (χ2n) is 7.05. The summed E-state index contributed by atoms with van der Waals surface area (Å²) in [5, 5.41) is 0.441. The Labute approximate surface area is 162 Å². The van der Waals surface area contributed by atoms with Crippen molar-refractivity contribution in [1.82, 2.24) is 9.55 Å². The Hall–Kier alpha value is -2.61. The van der Waals surface area contributed by atoms with Crippen molar-refractivity contribution < 1.29 is 27.1 Å². The van der Waals surface area contributed by atoms with E-state index in [4.69, 9.17) is 16.3 Å². The topological polar surface area (TPSA) is 44.1 Å². The first kappa shape index (κ1) is 20.1. The van der Waals surface area contributed by atoms with E-state index < -0.39 is 35.3 Å². The molecule has 2 aromatic heterocycles. The van der Waals surface area contributed by atoms with Gasteiger partial charge in [-0.3, -0.25) is 0 Å². The number of carbonyl (C=O) groups excluding carboxylic acids is 1. The van der Waals surface area contributed by atoms with E-state index >= 15 is 0 Å². The van der Waals surface area contributed by atoms with Crippen LogP contribution >= 0.6 is 11.6 Å². The van der Waals surface area contributed by atoms with E-state index in [1.807, 2.05) is 0 Å². The number of fused-ring (bicyclic) bond motifs is 1. The Morgan fingerprint density at radius 1 is 1.14 bits per heavy atom. The van der Waals surface area contributed by atoms with Gasteiger partial charge >= 0.3 is 6.09 Å². The minimum Gasteiger partial charge on any atom is -0.443 e. The highest BCUT2D eigenvalue weighted by Gasteiger charge is 2.27. The quantitative estimate of drug-likeness (QED) is 0.362.